The van der Waals surface area contributed by atoms with Crippen molar-refractivity contribution in [3.8, 4) is 0 Å². The molecule has 0 bridgehead atoms. The van der Waals surface area contributed by atoms with Gasteiger partial charge in [-0.05, 0) is 36.2 Å². The number of aromatic nitrogens is 1. The SMILES string of the molecule is C=CN(CCN)C(=O)N1CC2(CC2C(=O)Nc2ccc3sncc3c2)C1. The zero-order valence-corrected chi connectivity index (χ0v) is 15.2. The highest BCUT2D eigenvalue weighted by molar-refractivity contribution is 7.13. The zero-order valence-electron chi connectivity index (χ0n) is 14.4. The Bertz CT molecular complexity index is 873. The second kappa shape index (κ2) is 6.37. The van der Waals surface area contributed by atoms with Crippen molar-refractivity contribution >= 4 is 39.2 Å². The molecule has 1 aromatic heterocycles. The topological polar surface area (TPSA) is 91.6 Å². The van der Waals surface area contributed by atoms with Gasteiger partial charge >= 0.3 is 6.03 Å². The Morgan fingerprint density at radius 3 is 3.04 bits per heavy atom. The molecule has 1 spiro atoms. The fraction of sp³-hybridized carbons (Fsp3) is 0.389. The number of nitrogens with two attached hydrogens (primary N) is 1. The summed E-state index contributed by atoms with van der Waals surface area (Å²) in [4.78, 5) is 28.2. The summed E-state index contributed by atoms with van der Waals surface area (Å²) in [7, 11) is 0. The van der Waals surface area contributed by atoms with Crippen LogP contribution in [0.4, 0.5) is 10.5 Å². The fourth-order valence-electron chi connectivity index (χ4n) is 3.68. The third-order valence-electron chi connectivity index (χ3n) is 5.24. The molecule has 136 valence electrons. The van der Waals surface area contributed by atoms with Gasteiger partial charge in [0.2, 0.25) is 5.91 Å². The van der Waals surface area contributed by atoms with Gasteiger partial charge in [0.15, 0.2) is 0 Å². The Labute approximate surface area is 155 Å². The number of carbonyl (C=O) groups excluding carboxylic acids is 2. The van der Waals surface area contributed by atoms with Crippen LogP contribution in [0.15, 0.2) is 37.2 Å². The number of urea groups is 1. The number of carbonyl (C=O) groups is 2. The molecular formula is C18H21N5O2S. The second-order valence-electron chi connectivity index (χ2n) is 6.99. The summed E-state index contributed by atoms with van der Waals surface area (Å²) in [6, 6.07) is 5.73. The molecule has 26 heavy (non-hydrogen) atoms. The van der Waals surface area contributed by atoms with Gasteiger partial charge in [-0.3, -0.25) is 4.79 Å². The van der Waals surface area contributed by atoms with E-state index in [-0.39, 0.29) is 23.3 Å². The highest BCUT2D eigenvalue weighted by Crippen LogP contribution is 2.59. The van der Waals surface area contributed by atoms with E-state index in [0.717, 1.165) is 22.2 Å². The summed E-state index contributed by atoms with van der Waals surface area (Å²) in [5.74, 6) is -0.00305. The van der Waals surface area contributed by atoms with Crippen molar-refractivity contribution in [1.82, 2.24) is 14.2 Å². The Kier molecular flexibility index (Phi) is 4.16. The third-order valence-corrected chi connectivity index (χ3v) is 6.02. The molecule has 4 rings (SSSR count). The molecule has 2 aliphatic rings. The molecule has 1 aliphatic heterocycles. The zero-order chi connectivity index (χ0) is 18.3. The number of amides is 3. The van der Waals surface area contributed by atoms with Crippen molar-refractivity contribution in [2.75, 3.05) is 31.5 Å². The van der Waals surface area contributed by atoms with Crippen LogP contribution in [-0.4, -0.2) is 52.3 Å². The molecular weight excluding hydrogens is 350 g/mol. The number of fused-ring (bicyclic) bond motifs is 1. The van der Waals surface area contributed by atoms with Crippen LogP contribution < -0.4 is 11.1 Å². The van der Waals surface area contributed by atoms with E-state index in [1.165, 1.54) is 22.6 Å². The van der Waals surface area contributed by atoms with E-state index in [2.05, 4.69) is 16.3 Å². The number of hydrogen-bond donors (Lipinski definition) is 2. The summed E-state index contributed by atoms with van der Waals surface area (Å²) < 4.78 is 5.25. The van der Waals surface area contributed by atoms with Crippen molar-refractivity contribution < 1.29 is 9.59 Å². The van der Waals surface area contributed by atoms with Crippen LogP contribution in [0.25, 0.3) is 10.1 Å². The lowest BCUT2D eigenvalue weighted by atomic mass is 9.93. The molecule has 0 radical (unpaired) electrons. The summed E-state index contributed by atoms with van der Waals surface area (Å²) in [5, 5.41) is 4.03. The van der Waals surface area contributed by atoms with Gasteiger partial charge in [-0.25, -0.2) is 4.79 Å². The molecule has 2 fully saturated rings. The lowest BCUT2D eigenvalue weighted by molar-refractivity contribution is -0.119. The number of nitrogens with zero attached hydrogens (tertiary/aromatic N) is 3. The minimum atomic E-state index is -0.0856. The van der Waals surface area contributed by atoms with Gasteiger partial charge in [0.25, 0.3) is 0 Å². The molecule has 2 aromatic rings. The van der Waals surface area contributed by atoms with Gasteiger partial charge in [-0.1, -0.05) is 6.58 Å². The number of benzene rings is 1. The fourth-order valence-corrected chi connectivity index (χ4v) is 4.31. The first-order valence-corrected chi connectivity index (χ1v) is 9.37. The first kappa shape index (κ1) is 17.0. The standard InChI is InChI=1S/C18H21N5O2S/c1-2-22(6-5-19)17(25)23-10-18(11-23)8-14(18)16(24)21-13-3-4-15-12(7-13)9-20-26-15/h2-4,7,9,14H,1,5-6,8,10-11,19H2,(H,21,24). The van der Waals surface area contributed by atoms with E-state index >= 15 is 0 Å². The number of likely N-dealkylation sites (tertiary alicyclic amines) is 1. The van der Waals surface area contributed by atoms with Crippen LogP contribution in [0.1, 0.15) is 6.42 Å². The third kappa shape index (κ3) is 2.85. The first-order valence-electron chi connectivity index (χ1n) is 8.60. The van der Waals surface area contributed by atoms with Crippen molar-refractivity contribution in [3.05, 3.63) is 37.2 Å². The van der Waals surface area contributed by atoms with E-state index in [4.69, 9.17) is 5.73 Å². The van der Waals surface area contributed by atoms with E-state index in [9.17, 15) is 9.59 Å². The van der Waals surface area contributed by atoms with E-state index in [0.29, 0.717) is 26.2 Å². The minimum Gasteiger partial charge on any atom is -0.329 e. The molecule has 8 heteroatoms. The maximum Gasteiger partial charge on any atom is 0.324 e. The monoisotopic (exact) mass is 371 g/mol. The predicted octanol–water partition coefficient (Wildman–Crippen LogP) is 2.08. The molecule has 7 nitrogen and oxygen atoms in total. The van der Waals surface area contributed by atoms with Gasteiger partial charge in [0, 0.05) is 61.0 Å². The van der Waals surface area contributed by atoms with Crippen LogP contribution in [0.3, 0.4) is 0 Å². The van der Waals surface area contributed by atoms with Crippen molar-refractivity contribution in [2.24, 2.45) is 17.1 Å². The molecule has 1 aromatic carbocycles. The lowest BCUT2D eigenvalue weighted by Crippen LogP contribution is -2.56. The number of hydrogen-bond acceptors (Lipinski definition) is 5. The molecule has 1 saturated carbocycles. The van der Waals surface area contributed by atoms with E-state index in [1.54, 1.807) is 11.1 Å². The Balaban J connectivity index is 1.33. The van der Waals surface area contributed by atoms with Crippen LogP contribution in [0.5, 0.6) is 0 Å². The Hall–Kier alpha value is -2.45. The van der Waals surface area contributed by atoms with Gasteiger partial charge in [0.1, 0.15) is 0 Å². The quantitative estimate of drug-likeness (QED) is 0.842. The van der Waals surface area contributed by atoms with Gasteiger partial charge in [0.05, 0.1) is 4.70 Å². The van der Waals surface area contributed by atoms with Crippen LogP contribution in [-0.2, 0) is 4.79 Å². The molecule has 1 saturated heterocycles. The Morgan fingerprint density at radius 2 is 2.31 bits per heavy atom. The highest BCUT2D eigenvalue weighted by Gasteiger charge is 2.65. The number of nitrogens with one attached hydrogen (secondary N) is 1. The minimum absolute atomic E-state index is 0.0298. The van der Waals surface area contributed by atoms with Crippen molar-refractivity contribution in [1.29, 1.82) is 0 Å². The number of rotatable bonds is 5. The van der Waals surface area contributed by atoms with Crippen molar-refractivity contribution in [2.45, 2.75) is 6.42 Å². The maximum absolute atomic E-state index is 12.6. The molecule has 2 heterocycles. The van der Waals surface area contributed by atoms with E-state index in [1.807, 2.05) is 18.2 Å². The average molecular weight is 371 g/mol. The maximum atomic E-state index is 12.6. The van der Waals surface area contributed by atoms with Crippen LogP contribution >= 0.6 is 11.5 Å². The second-order valence-corrected chi connectivity index (χ2v) is 7.82. The molecule has 1 unspecified atom stereocenters. The van der Waals surface area contributed by atoms with Gasteiger partial charge in [-0.15, -0.1) is 0 Å². The smallest absolute Gasteiger partial charge is 0.324 e. The van der Waals surface area contributed by atoms with Crippen LogP contribution in [0, 0.1) is 11.3 Å². The first-order chi connectivity index (χ1) is 12.6. The predicted molar refractivity (Wildman–Crippen MR) is 102 cm³/mol. The lowest BCUT2D eigenvalue weighted by Gasteiger charge is -2.42. The number of anilines is 1. The average Bonchev–Trinajstić information content (AvgIpc) is 3.20. The summed E-state index contributed by atoms with van der Waals surface area (Å²) >= 11 is 1.44. The molecule has 1 atom stereocenters. The largest absolute Gasteiger partial charge is 0.329 e. The van der Waals surface area contributed by atoms with Crippen molar-refractivity contribution in [3.63, 3.8) is 0 Å². The normalized spacial score (nSPS) is 19.9. The van der Waals surface area contributed by atoms with E-state index < -0.39 is 0 Å². The summed E-state index contributed by atoms with van der Waals surface area (Å²) in [5.41, 5.74) is 6.25. The van der Waals surface area contributed by atoms with Gasteiger partial charge < -0.3 is 20.9 Å². The highest BCUT2D eigenvalue weighted by atomic mass is 32.1. The van der Waals surface area contributed by atoms with Crippen LogP contribution in [0.2, 0.25) is 0 Å². The Morgan fingerprint density at radius 1 is 1.50 bits per heavy atom. The summed E-state index contributed by atoms with van der Waals surface area (Å²) in [6.07, 6.45) is 4.14. The molecule has 1 aliphatic carbocycles. The summed E-state index contributed by atoms with van der Waals surface area (Å²) in [6.45, 7) is 5.74. The molecule has 3 amide bonds. The van der Waals surface area contributed by atoms with Gasteiger partial charge in [-0.2, -0.15) is 4.37 Å². The molecule has 3 N–H and O–H groups in total.